The molecule has 7 heteroatoms. The first-order valence-corrected chi connectivity index (χ1v) is 10.1. The van der Waals surface area contributed by atoms with E-state index >= 15 is 0 Å². The minimum Gasteiger partial charge on any atom is -0.305 e. The highest BCUT2D eigenvalue weighted by Crippen LogP contribution is 2.64. The summed E-state index contributed by atoms with van der Waals surface area (Å²) in [4.78, 5) is 10.9. The molecular formula is C18H22N3O3P. The summed E-state index contributed by atoms with van der Waals surface area (Å²) < 4.78 is 18.1. The number of para-hydroxylation sites is 2. The van der Waals surface area contributed by atoms with E-state index in [1.54, 1.807) is 0 Å². The van der Waals surface area contributed by atoms with Gasteiger partial charge in [-0.2, -0.15) is 0 Å². The van der Waals surface area contributed by atoms with Crippen molar-refractivity contribution < 1.29 is 9.49 Å². The van der Waals surface area contributed by atoms with Gasteiger partial charge in [0.2, 0.25) is 6.54 Å². The molecule has 1 aliphatic heterocycles. The Morgan fingerprint density at radius 1 is 1.00 bits per heavy atom. The molecule has 0 saturated carbocycles. The minimum atomic E-state index is -3.17. The zero-order valence-electron chi connectivity index (χ0n) is 14.2. The van der Waals surface area contributed by atoms with Crippen LogP contribution in [0.3, 0.4) is 0 Å². The third-order valence-corrected chi connectivity index (χ3v) is 8.36. The molecule has 6 nitrogen and oxygen atoms in total. The molecule has 1 saturated heterocycles. The number of nitro groups is 1. The Kier molecular flexibility index (Phi) is 5.09. The second-order valence-electron chi connectivity index (χ2n) is 6.08. The van der Waals surface area contributed by atoms with E-state index < -0.39 is 13.1 Å². The van der Waals surface area contributed by atoms with Gasteiger partial charge in [-0.05, 0) is 30.7 Å². The van der Waals surface area contributed by atoms with Crippen molar-refractivity contribution in [1.82, 2.24) is 0 Å². The van der Waals surface area contributed by atoms with Gasteiger partial charge >= 0.3 is 0 Å². The van der Waals surface area contributed by atoms with Crippen LogP contribution in [0.2, 0.25) is 0 Å². The van der Waals surface area contributed by atoms with Crippen molar-refractivity contribution in [3.63, 3.8) is 0 Å². The zero-order valence-corrected chi connectivity index (χ0v) is 15.1. The van der Waals surface area contributed by atoms with Gasteiger partial charge < -0.3 is 9.34 Å². The molecule has 1 fully saturated rings. The number of anilines is 2. The van der Waals surface area contributed by atoms with Crippen molar-refractivity contribution >= 4 is 18.8 Å². The largest absolute Gasteiger partial charge is 0.305 e. The molecule has 0 aromatic heterocycles. The van der Waals surface area contributed by atoms with Gasteiger partial charge in [-0.3, -0.25) is 14.7 Å². The van der Waals surface area contributed by atoms with E-state index in [-0.39, 0.29) is 11.5 Å². The molecule has 0 N–H and O–H groups in total. The molecule has 2 aromatic carbocycles. The summed E-state index contributed by atoms with van der Waals surface area (Å²) in [7, 11) is -3.17. The summed E-state index contributed by atoms with van der Waals surface area (Å²) in [5.74, 6) is 0. The van der Waals surface area contributed by atoms with E-state index in [4.69, 9.17) is 0 Å². The summed E-state index contributed by atoms with van der Waals surface area (Å²) in [6.07, 6.45) is 0.491. The van der Waals surface area contributed by atoms with Crippen LogP contribution in [-0.4, -0.2) is 30.2 Å². The van der Waals surface area contributed by atoms with Crippen LogP contribution >= 0.6 is 7.44 Å². The predicted octanol–water partition coefficient (Wildman–Crippen LogP) is 4.26. The van der Waals surface area contributed by atoms with E-state index in [2.05, 4.69) is 0 Å². The van der Waals surface area contributed by atoms with Crippen LogP contribution in [0.1, 0.15) is 13.3 Å². The first-order valence-electron chi connectivity index (χ1n) is 8.45. The van der Waals surface area contributed by atoms with E-state index in [1.807, 2.05) is 76.9 Å². The fourth-order valence-corrected chi connectivity index (χ4v) is 6.99. The van der Waals surface area contributed by atoms with E-state index in [1.165, 1.54) is 0 Å². The molecule has 0 amide bonds. The average molecular weight is 359 g/mol. The monoisotopic (exact) mass is 359 g/mol. The Balaban J connectivity index is 2.08. The highest BCUT2D eigenvalue weighted by Gasteiger charge is 2.50. The van der Waals surface area contributed by atoms with Gasteiger partial charge in [0.1, 0.15) is 5.66 Å². The molecule has 0 radical (unpaired) electrons. The molecule has 1 aliphatic rings. The fourth-order valence-electron chi connectivity index (χ4n) is 3.44. The molecule has 132 valence electrons. The maximum Gasteiger partial charge on any atom is 0.272 e. The number of hydrogen-bond acceptors (Lipinski definition) is 3. The third kappa shape index (κ3) is 3.27. The topological polar surface area (TPSA) is 66.7 Å². The highest BCUT2D eigenvalue weighted by molar-refractivity contribution is 7.68. The fraction of sp³-hybridized carbons (Fsp3) is 0.333. The summed E-state index contributed by atoms with van der Waals surface area (Å²) in [5.41, 5.74) is 1.18. The second-order valence-corrected chi connectivity index (χ2v) is 8.96. The minimum absolute atomic E-state index is 0.291. The highest BCUT2D eigenvalue weighted by atomic mass is 31.2. The van der Waals surface area contributed by atoms with Gasteiger partial charge in [-0.25, -0.2) is 0 Å². The normalized spacial score (nSPS) is 17.5. The van der Waals surface area contributed by atoms with Crippen LogP contribution in [0, 0.1) is 10.1 Å². The molecule has 0 spiro atoms. The SMILES string of the molecule is CCC(C[N+](=O)[O-])P1(=O)N(c2ccccc2)CCN1c1ccccc1. The Hall–Kier alpha value is -2.33. The second kappa shape index (κ2) is 7.28. The van der Waals surface area contributed by atoms with Crippen LogP contribution in [0.25, 0.3) is 0 Å². The maximum absolute atomic E-state index is 14.3. The Morgan fingerprint density at radius 3 is 1.80 bits per heavy atom. The van der Waals surface area contributed by atoms with Crippen LogP contribution in [-0.2, 0) is 4.57 Å². The van der Waals surface area contributed by atoms with Crippen molar-refractivity contribution in [2.45, 2.75) is 19.0 Å². The molecule has 3 rings (SSSR count). The van der Waals surface area contributed by atoms with Crippen LogP contribution in [0.15, 0.2) is 60.7 Å². The molecule has 1 unspecified atom stereocenters. The molecular weight excluding hydrogens is 337 g/mol. The summed E-state index contributed by atoms with van der Waals surface area (Å²) in [5, 5.41) is 11.2. The Labute approximate surface area is 147 Å². The Morgan fingerprint density at radius 2 is 1.44 bits per heavy atom. The number of rotatable bonds is 6. The van der Waals surface area contributed by atoms with Gasteiger partial charge in [-0.15, -0.1) is 0 Å². The molecule has 0 bridgehead atoms. The van der Waals surface area contributed by atoms with Crippen LogP contribution in [0.5, 0.6) is 0 Å². The molecule has 0 aliphatic carbocycles. The first-order chi connectivity index (χ1) is 12.1. The van der Waals surface area contributed by atoms with Crippen molar-refractivity contribution in [3.8, 4) is 0 Å². The van der Waals surface area contributed by atoms with Crippen molar-refractivity contribution in [3.05, 3.63) is 70.8 Å². The average Bonchev–Trinajstić information content (AvgIpc) is 2.99. The van der Waals surface area contributed by atoms with Crippen LogP contribution < -0.4 is 9.34 Å². The lowest BCUT2D eigenvalue weighted by atomic mass is 10.3. The van der Waals surface area contributed by atoms with Crippen LogP contribution in [0.4, 0.5) is 11.4 Å². The van der Waals surface area contributed by atoms with Gasteiger partial charge in [-0.1, -0.05) is 43.3 Å². The summed E-state index contributed by atoms with van der Waals surface area (Å²) >= 11 is 0. The first kappa shape index (κ1) is 17.5. The molecule has 25 heavy (non-hydrogen) atoms. The smallest absolute Gasteiger partial charge is 0.272 e. The number of benzene rings is 2. The van der Waals surface area contributed by atoms with Crippen molar-refractivity contribution in [2.75, 3.05) is 29.0 Å². The maximum atomic E-state index is 14.3. The number of hydrogen-bond donors (Lipinski definition) is 0. The van der Waals surface area contributed by atoms with Gasteiger partial charge in [0, 0.05) is 29.4 Å². The lowest BCUT2D eigenvalue weighted by Crippen LogP contribution is -2.32. The standard InChI is InChI=1S/C18H22N3O3P/c1-2-18(15-21(22)23)25(24)19(16-9-5-3-6-10-16)13-14-20(25)17-11-7-4-8-12-17/h3-12,18H,2,13-15H2,1H3. The molecule has 1 heterocycles. The third-order valence-electron chi connectivity index (χ3n) is 4.63. The van der Waals surface area contributed by atoms with Crippen molar-refractivity contribution in [2.24, 2.45) is 0 Å². The lowest BCUT2D eigenvalue weighted by Gasteiger charge is -2.36. The summed E-state index contributed by atoms with van der Waals surface area (Å²) in [6.45, 7) is 2.76. The van der Waals surface area contributed by atoms with E-state index in [0.717, 1.165) is 11.4 Å². The zero-order chi connectivity index (χ0) is 17.9. The van der Waals surface area contributed by atoms with E-state index in [9.17, 15) is 14.7 Å². The predicted molar refractivity (Wildman–Crippen MR) is 101 cm³/mol. The number of nitrogens with zero attached hydrogens (tertiary/aromatic N) is 3. The lowest BCUT2D eigenvalue weighted by molar-refractivity contribution is -0.479. The van der Waals surface area contributed by atoms with E-state index in [0.29, 0.717) is 19.5 Å². The van der Waals surface area contributed by atoms with Gasteiger partial charge in [0.15, 0.2) is 0 Å². The quantitative estimate of drug-likeness (QED) is 0.438. The molecule has 2 aromatic rings. The summed E-state index contributed by atoms with van der Waals surface area (Å²) in [6, 6.07) is 19.1. The van der Waals surface area contributed by atoms with Gasteiger partial charge in [0.25, 0.3) is 7.44 Å². The molecule has 1 atom stereocenters. The Bertz CT molecular complexity index is 718. The van der Waals surface area contributed by atoms with Crippen molar-refractivity contribution in [1.29, 1.82) is 0 Å². The van der Waals surface area contributed by atoms with Gasteiger partial charge in [0.05, 0.1) is 0 Å².